The van der Waals surface area contributed by atoms with E-state index in [9.17, 15) is 4.79 Å². The van der Waals surface area contributed by atoms with Crippen molar-refractivity contribution in [3.63, 3.8) is 0 Å². The Morgan fingerprint density at radius 2 is 1.94 bits per heavy atom. The number of pyridine rings is 1. The maximum atomic E-state index is 13.3. The molecule has 3 aromatic rings. The summed E-state index contributed by atoms with van der Waals surface area (Å²) in [6.45, 7) is 4.96. The largest absolute Gasteiger partial charge is 0.483 e. The van der Waals surface area contributed by atoms with Crippen LogP contribution in [-0.2, 0) is 0 Å². The summed E-state index contributed by atoms with van der Waals surface area (Å²) in [6.07, 6.45) is 4.93. The molecule has 9 heteroatoms. The van der Waals surface area contributed by atoms with Crippen LogP contribution in [0.25, 0.3) is 5.69 Å². The molecule has 5 rings (SSSR count). The van der Waals surface area contributed by atoms with Gasteiger partial charge in [0, 0.05) is 37.7 Å². The second-order valence-electron chi connectivity index (χ2n) is 8.37. The zero-order valence-corrected chi connectivity index (χ0v) is 19.3. The number of nitrogens with two attached hydrogens (primary N) is 1. The van der Waals surface area contributed by atoms with Crippen molar-refractivity contribution in [2.45, 2.75) is 38.3 Å². The average Bonchev–Trinajstić information content (AvgIpc) is 3.06. The standard InChI is InChI=1S/C23H23Cl2N5O2/c1-13-21(28-14(2)30(22(13)31)17-5-3-4-16(24)19(17)25)29-10-7-23(8-11-29)20(26)15-6-9-27-12-18(15)32-23/h3-6,9,12,20H,7-8,10-11,26H2,1-2H3/t20-/m1/s1. The molecule has 0 amide bonds. The van der Waals surface area contributed by atoms with Crippen LogP contribution in [0.1, 0.15) is 35.8 Å². The van der Waals surface area contributed by atoms with E-state index in [1.807, 2.05) is 6.07 Å². The van der Waals surface area contributed by atoms with E-state index < -0.39 is 5.60 Å². The summed E-state index contributed by atoms with van der Waals surface area (Å²) in [7, 11) is 0. The lowest BCUT2D eigenvalue weighted by Gasteiger charge is -2.41. The van der Waals surface area contributed by atoms with Crippen LogP contribution in [0.4, 0.5) is 5.82 Å². The Balaban J connectivity index is 1.44. The number of aryl methyl sites for hydroxylation is 1. The Labute approximate surface area is 195 Å². The lowest BCUT2D eigenvalue weighted by atomic mass is 9.83. The summed E-state index contributed by atoms with van der Waals surface area (Å²) < 4.78 is 7.80. The highest BCUT2D eigenvalue weighted by atomic mass is 35.5. The van der Waals surface area contributed by atoms with Crippen molar-refractivity contribution in [1.29, 1.82) is 0 Å². The predicted octanol–water partition coefficient (Wildman–Crippen LogP) is 3.98. The molecule has 166 valence electrons. The fourth-order valence-corrected chi connectivity index (χ4v) is 5.14. The van der Waals surface area contributed by atoms with E-state index in [1.165, 1.54) is 4.57 Å². The number of halogens is 2. The van der Waals surface area contributed by atoms with E-state index in [4.69, 9.17) is 38.7 Å². The third-order valence-corrected chi connectivity index (χ3v) is 7.37. The summed E-state index contributed by atoms with van der Waals surface area (Å²) in [4.78, 5) is 24.4. The SMILES string of the molecule is Cc1c(N2CCC3(CC2)Oc2cnccc2[C@H]3N)nc(C)n(-c2cccc(Cl)c2Cl)c1=O. The van der Waals surface area contributed by atoms with E-state index >= 15 is 0 Å². The van der Waals surface area contributed by atoms with Gasteiger partial charge in [0.15, 0.2) is 0 Å². The van der Waals surface area contributed by atoms with Gasteiger partial charge in [0.2, 0.25) is 0 Å². The molecule has 1 fully saturated rings. The molecular formula is C23H23Cl2N5O2. The Bertz CT molecular complexity index is 1270. The van der Waals surface area contributed by atoms with Gasteiger partial charge in [-0.3, -0.25) is 14.3 Å². The first-order valence-electron chi connectivity index (χ1n) is 10.5. The Kier molecular flexibility index (Phi) is 5.15. The van der Waals surface area contributed by atoms with Crippen LogP contribution in [0.3, 0.4) is 0 Å². The molecule has 1 saturated heterocycles. The summed E-state index contributed by atoms with van der Waals surface area (Å²) in [5.74, 6) is 1.99. The first kappa shape index (κ1) is 21.2. The Hall–Kier alpha value is -2.61. The average molecular weight is 472 g/mol. The van der Waals surface area contributed by atoms with Crippen LogP contribution in [0.2, 0.25) is 10.0 Å². The van der Waals surface area contributed by atoms with Crippen LogP contribution in [0.15, 0.2) is 41.5 Å². The van der Waals surface area contributed by atoms with E-state index in [1.54, 1.807) is 44.4 Å². The van der Waals surface area contributed by atoms with Crippen LogP contribution >= 0.6 is 23.2 Å². The maximum Gasteiger partial charge on any atom is 0.263 e. The van der Waals surface area contributed by atoms with Gasteiger partial charge in [-0.05, 0) is 32.0 Å². The molecule has 32 heavy (non-hydrogen) atoms. The molecule has 7 nitrogen and oxygen atoms in total. The van der Waals surface area contributed by atoms with Gasteiger partial charge in [-0.2, -0.15) is 0 Å². The van der Waals surface area contributed by atoms with Crippen LogP contribution in [0, 0.1) is 13.8 Å². The van der Waals surface area contributed by atoms with Gasteiger partial charge in [-0.1, -0.05) is 29.3 Å². The second kappa shape index (κ2) is 7.76. The first-order valence-corrected chi connectivity index (χ1v) is 11.3. The summed E-state index contributed by atoms with van der Waals surface area (Å²) in [6, 6.07) is 6.95. The molecule has 1 spiro atoms. The second-order valence-corrected chi connectivity index (χ2v) is 9.15. The van der Waals surface area contributed by atoms with E-state index in [2.05, 4.69) is 9.88 Å². The van der Waals surface area contributed by atoms with Gasteiger partial charge in [0.05, 0.1) is 33.5 Å². The molecule has 0 radical (unpaired) electrons. The van der Waals surface area contributed by atoms with E-state index in [-0.39, 0.29) is 11.6 Å². The maximum absolute atomic E-state index is 13.3. The fourth-order valence-electron chi connectivity index (χ4n) is 4.76. The molecule has 0 bridgehead atoms. The number of benzene rings is 1. The molecule has 0 saturated carbocycles. The van der Waals surface area contributed by atoms with Gasteiger partial charge in [-0.25, -0.2) is 4.98 Å². The van der Waals surface area contributed by atoms with Crippen molar-refractivity contribution < 1.29 is 4.74 Å². The number of aromatic nitrogens is 3. The highest BCUT2D eigenvalue weighted by molar-refractivity contribution is 6.43. The lowest BCUT2D eigenvalue weighted by Crippen LogP contribution is -2.52. The lowest BCUT2D eigenvalue weighted by molar-refractivity contribution is 0.0428. The third-order valence-electron chi connectivity index (χ3n) is 6.56. The van der Waals surface area contributed by atoms with Crippen molar-refractivity contribution >= 4 is 29.0 Å². The Morgan fingerprint density at radius 3 is 2.66 bits per heavy atom. The molecule has 0 aliphatic carbocycles. The number of piperidine rings is 1. The van der Waals surface area contributed by atoms with Crippen LogP contribution in [0.5, 0.6) is 5.75 Å². The van der Waals surface area contributed by atoms with Gasteiger partial charge in [0.1, 0.15) is 23.0 Å². The minimum atomic E-state index is -0.450. The minimum Gasteiger partial charge on any atom is -0.483 e. The molecular weight excluding hydrogens is 449 g/mol. The highest BCUT2D eigenvalue weighted by Crippen LogP contribution is 2.47. The highest BCUT2D eigenvalue weighted by Gasteiger charge is 2.48. The van der Waals surface area contributed by atoms with Gasteiger partial charge in [0.25, 0.3) is 5.56 Å². The van der Waals surface area contributed by atoms with Crippen molar-refractivity contribution in [1.82, 2.24) is 14.5 Å². The summed E-state index contributed by atoms with van der Waals surface area (Å²) in [5.41, 5.74) is 8.04. The molecule has 1 atom stereocenters. The number of hydrogen-bond acceptors (Lipinski definition) is 6. The monoisotopic (exact) mass is 471 g/mol. The molecule has 2 aromatic heterocycles. The smallest absolute Gasteiger partial charge is 0.263 e. The number of nitrogens with zero attached hydrogens (tertiary/aromatic N) is 4. The van der Waals surface area contributed by atoms with E-state index in [0.29, 0.717) is 46.0 Å². The van der Waals surface area contributed by atoms with Gasteiger partial charge < -0.3 is 15.4 Å². The molecule has 0 unspecified atom stereocenters. The van der Waals surface area contributed by atoms with E-state index in [0.717, 1.165) is 24.2 Å². The number of rotatable bonds is 2. The number of ether oxygens (including phenoxy) is 1. The number of hydrogen-bond donors (Lipinski definition) is 1. The number of anilines is 1. The Morgan fingerprint density at radius 1 is 1.19 bits per heavy atom. The zero-order chi connectivity index (χ0) is 22.6. The molecule has 2 N–H and O–H groups in total. The van der Waals surface area contributed by atoms with Crippen LogP contribution < -0.4 is 20.9 Å². The molecule has 4 heterocycles. The number of fused-ring (bicyclic) bond motifs is 1. The fraction of sp³-hybridized carbons (Fsp3) is 0.348. The molecule has 2 aliphatic heterocycles. The normalized spacial score (nSPS) is 19.2. The van der Waals surface area contributed by atoms with Crippen molar-refractivity contribution in [3.8, 4) is 11.4 Å². The first-order chi connectivity index (χ1) is 15.3. The minimum absolute atomic E-state index is 0.163. The quantitative estimate of drug-likeness (QED) is 0.607. The van der Waals surface area contributed by atoms with Crippen molar-refractivity contribution in [2.75, 3.05) is 18.0 Å². The summed E-state index contributed by atoms with van der Waals surface area (Å²) >= 11 is 12.5. The van der Waals surface area contributed by atoms with Crippen molar-refractivity contribution in [3.05, 3.63) is 74.0 Å². The van der Waals surface area contributed by atoms with Gasteiger partial charge in [-0.15, -0.1) is 0 Å². The van der Waals surface area contributed by atoms with Gasteiger partial charge >= 0.3 is 0 Å². The zero-order valence-electron chi connectivity index (χ0n) is 17.8. The molecule has 1 aromatic carbocycles. The predicted molar refractivity (Wildman–Crippen MR) is 125 cm³/mol. The van der Waals surface area contributed by atoms with Crippen LogP contribution in [-0.4, -0.2) is 33.2 Å². The third kappa shape index (κ3) is 3.18. The van der Waals surface area contributed by atoms with Crippen molar-refractivity contribution in [2.24, 2.45) is 5.73 Å². The summed E-state index contributed by atoms with van der Waals surface area (Å²) in [5, 5.41) is 0.720. The molecule has 2 aliphatic rings. The topological polar surface area (TPSA) is 86.3 Å².